The fraction of sp³-hybridized carbons (Fsp3) is 0.500. The molecule has 5 atom stereocenters. The minimum absolute atomic E-state index is 0.130. The first-order valence-corrected chi connectivity index (χ1v) is 15.0. The van der Waals surface area contributed by atoms with Gasteiger partial charge in [-0.15, -0.1) is 0 Å². The van der Waals surface area contributed by atoms with Gasteiger partial charge in [-0.2, -0.15) is 0 Å². The summed E-state index contributed by atoms with van der Waals surface area (Å²) < 4.78 is 11.2. The van der Waals surface area contributed by atoms with Crippen LogP contribution < -0.4 is 4.74 Å². The lowest BCUT2D eigenvalue weighted by molar-refractivity contribution is -0.0766. The summed E-state index contributed by atoms with van der Waals surface area (Å²) in [5.74, 6) is 4.04. The predicted molar refractivity (Wildman–Crippen MR) is 166 cm³/mol. The molecule has 1 aliphatic rings. The molecule has 0 fully saturated rings. The highest BCUT2D eigenvalue weighted by atomic mass is 16.7. The molecule has 3 aromatic rings. The van der Waals surface area contributed by atoms with E-state index in [9.17, 15) is 0 Å². The molecule has 1 N–H and O–H groups in total. The molecule has 3 nitrogen and oxygen atoms in total. The van der Waals surface area contributed by atoms with E-state index in [1.807, 2.05) is 31.2 Å². The van der Waals surface area contributed by atoms with E-state index in [0.29, 0.717) is 24.2 Å². The summed E-state index contributed by atoms with van der Waals surface area (Å²) in [6.07, 6.45) is 4.31. The highest BCUT2D eigenvalue weighted by molar-refractivity contribution is 5.35. The van der Waals surface area contributed by atoms with Gasteiger partial charge < -0.3 is 14.6 Å². The second-order valence-electron chi connectivity index (χ2n) is 10.9. The highest BCUT2D eigenvalue weighted by Crippen LogP contribution is 2.36. The Hall–Kier alpha value is -2.78. The van der Waals surface area contributed by atoms with Crippen molar-refractivity contribution in [2.24, 2.45) is 5.92 Å². The molecule has 1 aliphatic carbocycles. The topological polar surface area (TPSA) is 38.7 Å². The van der Waals surface area contributed by atoms with Crippen molar-refractivity contribution < 1.29 is 14.6 Å². The lowest BCUT2D eigenvalue weighted by Crippen LogP contribution is -2.19. The number of rotatable bonds is 9. The molecular weight excluding hydrogens is 480 g/mol. The third kappa shape index (κ3) is 10.4. The molecule has 0 amide bonds. The molecule has 0 bridgehead atoms. The summed E-state index contributed by atoms with van der Waals surface area (Å²) in [4.78, 5) is 0. The van der Waals surface area contributed by atoms with Crippen LogP contribution in [0, 0.1) is 5.92 Å². The van der Waals surface area contributed by atoms with E-state index in [4.69, 9.17) is 14.6 Å². The standard InChI is InChI=1S/C15H24O2.C11H14.C10H14O/c1-5-12(4)13-8-10-14(11-9-13)17-15(6-2)16-7-3;1-8-7-10-5-3-4-6-11(10)9(8)2;1-3-8(2)9-4-6-10(11)7-5-9/h8-12,15H,5-7H2,1-4H3;3-6,8-9H,7H2,1-2H3;4-8,11H,3H2,1-2H3. The van der Waals surface area contributed by atoms with Crippen LogP contribution in [0.2, 0.25) is 0 Å². The Labute approximate surface area is 238 Å². The Balaban J connectivity index is 0.000000213. The molecule has 3 heteroatoms. The van der Waals surface area contributed by atoms with Crippen LogP contribution in [0.25, 0.3) is 0 Å². The molecule has 5 unspecified atom stereocenters. The van der Waals surface area contributed by atoms with Gasteiger partial charge in [-0.1, -0.05) is 97.0 Å². The van der Waals surface area contributed by atoms with Gasteiger partial charge in [0.15, 0.2) is 6.29 Å². The zero-order valence-electron chi connectivity index (χ0n) is 25.6. The van der Waals surface area contributed by atoms with Crippen LogP contribution in [0.5, 0.6) is 11.5 Å². The Morgan fingerprint density at radius 1 is 0.744 bits per heavy atom. The van der Waals surface area contributed by atoms with Gasteiger partial charge in [-0.25, -0.2) is 0 Å². The molecule has 0 aromatic heterocycles. The molecule has 0 heterocycles. The summed E-state index contributed by atoms with van der Waals surface area (Å²) in [6, 6.07) is 24.6. The van der Waals surface area contributed by atoms with E-state index in [1.165, 1.54) is 17.5 Å². The molecule has 0 radical (unpaired) electrons. The molecule has 4 rings (SSSR count). The molecule has 0 saturated carbocycles. The Morgan fingerprint density at radius 2 is 1.28 bits per heavy atom. The van der Waals surface area contributed by atoms with Gasteiger partial charge in [0.05, 0.1) is 0 Å². The largest absolute Gasteiger partial charge is 0.508 e. The molecule has 0 aliphatic heterocycles. The Morgan fingerprint density at radius 3 is 1.77 bits per heavy atom. The van der Waals surface area contributed by atoms with Crippen molar-refractivity contribution >= 4 is 0 Å². The number of aromatic hydroxyl groups is 1. The van der Waals surface area contributed by atoms with Crippen molar-refractivity contribution in [1.29, 1.82) is 0 Å². The Kier molecular flexibility index (Phi) is 14.2. The van der Waals surface area contributed by atoms with Crippen molar-refractivity contribution in [3.63, 3.8) is 0 Å². The minimum atomic E-state index is -0.130. The number of hydrogen-bond acceptors (Lipinski definition) is 3. The SMILES string of the molecule is CC1Cc2ccccc2C1C.CCC(C)c1ccc(O)cc1.CCOC(CC)Oc1ccc(C(C)CC)cc1. The van der Waals surface area contributed by atoms with E-state index >= 15 is 0 Å². The van der Waals surface area contributed by atoms with Crippen molar-refractivity contribution in [2.45, 2.75) is 105 Å². The number of hydrogen-bond donors (Lipinski definition) is 1. The normalized spacial score (nSPS) is 17.9. The molecular formula is C36H52O3. The van der Waals surface area contributed by atoms with Gasteiger partial charge in [0.2, 0.25) is 0 Å². The third-order valence-corrected chi connectivity index (χ3v) is 8.03. The van der Waals surface area contributed by atoms with Gasteiger partial charge in [0, 0.05) is 13.0 Å². The first kappa shape index (κ1) is 32.4. The van der Waals surface area contributed by atoms with Crippen LogP contribution in [0.4, 0.5) is 0 Å². The van der Waals surface area contributed by atoms with Crippen LogP contribution >= 0.6 is 0 Å². The monoisotopic (exact) mass is 532 g/mol. The van der Waals surface area contributed by atoms with Crippen LogP contribution in [0.3, 0.4) is 0 Å². The number of phenolic OH excluding ortho intramolecular Hbond substituents is 1. The van der Waals surface area contributed by atoms with Crippen molar-refractivity contribution in [3.05, 3.63) is 95.1 Å². The van der Waals surface area contributed by atoms with E-state index in [2.05, 4.69) is 84.9 Å². The number of fused-ring (bicyclic) bond motifs is 1. The number of benzene rings is 3. The maximum atomic E-state index is 9.01. The average Bonchev–Trinajstić information content (AvgIpc) is 3.26. The van der Waals surface area contributed by atoms with Crippen molar-refractivity contribution in [3.8, 4) is 11.5 Å². The van der Waals surface area contributed by atoms with Gasteiger partial charge >= 0.3 is 0 Å². The fourth-order valence-corrected chi connectivity index (χ4v) is 4.72. The Bertz CT molecular complexity index is 1060. The van der Waals surface area contributed by atoms with E-state index in [0.717, 1.165) is 36.8 Å². The highest BCUT2D eigenvalue weighted by Gasteiger charge is 2.24. The van der Waals surface area contributed by atoms with Crippen LogP contribution in [0.15, 0.2) is 72.8 Å². The molecule has 0 spiro atoms. The maximum absolute atomic E-state index is 9.01. The maximum Gasteiger partial charge on any atom is 0.199 e. The van der Waals surface area contributed by atoms with Crippen LogP contribution in [-0.4, -0.2) is 18.0 Å². The first-order chi connectivity index (χ1) is 18.7. The zero-order chi connectivity index (χ0) is 28.8. The lowest BCUT2D eigenvalue weighted by Gasteiger charge is -2.17. The summed E-state index contributed by atoms with van der Waals surface area (Å²) in [6.45, 7) is 18.2. The average molecular weight is 533 g/mol. The van der Waals surface area contributed by atoms with E-state index < -0.39 is 0 Å². The fourth-order valence-electron chi connectivity index (χ4n) is 4.72. The summed E-state index contributed by atoms with van der Waals surface area (Å²) >= 11 is 0. The van der Waals surface area contributed by atoms with Gasteiger partial charge in [-0.3, -0.25) is 0 Å². The van der Waals surface area contributed by atoms with Crippen molar-refractivity contribution in [1.82, 2.24) is 0 Å². The third-order valence-electron chi connectivity index (χ3n) is 8.03. The zero-order valence-corrected chi connectivity index (χ0v) is 25.6. The lowest BCUT2D eigenvalue weighted by atomic mass is 9.97. The van der Waals surface area contributed by atoms with Gasteiger partial charge in [0.25, 0.3) is 0 Å². The first-order valence-electron chi connectivity index (χ1n) is 15.0. The summed E-state index contributed by atoms with van der Waals surface area (Å²) in [5.41, 5.74) is 5.79. The van der Waals surface area contributed by atoms with Gasteiger partial charge in [0.1, 0.15) is 11.5 Å². The predicted octanol–water partition coefficient (Wildman–Crippen LogP) is 10.2. The molecule has 3 aromatic carbocycles. The van der Waals surface area contributed by atoms with Crippen molar-refractivity contribution in [2.75, 3.05) is 6.61 Å². The second kappa shape index (κ2) is 17.0. The molecule has 214 valence electrons. The van der Waals surface area contributed by atoms with Crippen LogP contribution in [0.1, 0.15) is 115 Å². The minimum Gasteiger partial charge on any atom is -0.508 e. The van der Waals surface area contributed by atoms with E-state index in [-0.39, 0.29) is 6.29 Å². The number of ether oxygens (including phenoxy) is 2. The summed E-state index contributed by atoms with van der Waals surface area (Å²) in [5, 5.41) is 9.01. The molecule has 0 saturated heterocycles. The second-order valence-corrected chi connectivity index (χ2v) is 10.9. The van der Waals surface area contributed by atoms with E-state index in [1.54, 1.807) is 23.3 Å². The van der Waals surface area contributed by atoms with Gasteiger partial charge in [-0.05, 0) is 96.4 Å². The molecule has 39 heavy (non-hydrogen) atoms. The van der Waals surface area contributed by atoms with Crippen LogP contribution in [-0.2, 0) is 11.2 Å². The summed E-state index contributed by atoms with van der Waals surface area (Å²) in [7, 11) is 0. The quantitative estimate of drug-likeness (QED) is 0.279. The number of phenols is 1. The smallest absolute Gasteiger partial charge is 0.199 e.